The minimum Gasteiger partial charge on any atom is -0.351 e. The molecule has 0 radical (unpaired) electrons. The molecule has 0 spiro atoms. The third kappa shape index (κ3) is 4.36. The van der Waals surface area contributed by atoms with E-state index in [0.29, 0.717) is 19.0 Å². The van der Waals surface area contributed by atoms with E-state index in [9.17, 15) is 14.0 Å². The van der Waals surface area contributed by atoms with Crippen LogP contribution >= 0.6 is 0 Å². The number of amides is 1. The van der Waals surface area contributed by atoms with Gasteiger partial charge in [-0.05, 0) is 50.2 Å². The Morgan fingerprint density at radius 3 is 2.94 bits per heavy atom. The van der Waals surface area contributed by atoms with Gasteiger partial charge < -0.3 is 9.88 Å². The molecule has 2 N–H and O–H groups in total. The molecule has 2 fully saturated rings. The molecule has 3 heterocycles. The van der Waals surface area contributed by atoms with Gasteiger partial charge >= 0.3 is 0 Å². The maximum Gasteiger partial charge on any atom is 0.254 e. The van der Waals surface area contributed by atoms with Crippen LogP contribution in [0.5, 0.6) is 0 Å². The summed E-state index contributed by atoms with van der Waals surface area (Å²) in [6, 6.07) is 3.92. The molecule has 2 aliphatic rings. The van der Waals surface area contributed by atoms with Crippen molar-refractivity contribution in [1.82, 2.24) is 25.1 Å². The number of rotatable bonds is 5. The van der Waals surface area contributed by atoms with Crippen LogP contribution in [0.15, 0.2) is 23.1 Å². The summed E-state index contributed by atoms with van der Waals surface area (Å²) in [5.41, 5.74) is 2.58. The summed E-state index contributed by atoms with van der Waals surface area (Å²) in [6.07, 6.45) is 3.90. The van der Waals surface area contributed by atoms with Gasteiger partial charge in [-0.1, -0.05) is 6.92 Å². The zero-order valence-electron chi connectivity index (χ0n) is 18.5. The van der Waals surface area contributed by atoms with Gasteiger partial charge in [0.05, 0.1) is 5.52 Å². The molecule has 4 atom stereocenters. The van der Waals surface area contributed by atoms with Crippen LogP contribution in [0.1, 0.15) is 43.4 Å². The standard InChI is InChI=1S/C23H32FN5O2/c1-14-4-5-17(27-22(30)21-25-7-9-29(21)8-6-24)12-18(14)19-11-16-13-26-15(2)10-20(16)28(3)23(19)31/h10-11,13-14,17-18,21,25H,4-9,12H2,1-3H3,(H,27,30). The van der Waals surface area contributed by atoms with Gasteiger partial charge in [0.15, 0.2) is 0 Å². The summed E-state index contributed by atoms with van der Waals surface area (Å²) >= 11 is 0. The van der Waals surface area contributed by atoms with E-state index in [1.165, 1.54) is 0 Å². The van der Waals surface area contributed by atoms with Crippen molar-refractivity contribution in [3.63, 3.8) is 0 Å². The summed E-state index contributed by atoms with van der Waals surface area (Å²) in [4.78, 5) is 32.3. The van der Waals surface area contributed by atoms with Crippen molar-refractivity contribution in [2.75, 3.05) is 26.3 Å². The lowest BCUT2D eigenvalue weighted by atomic mass is 9.74. The van der Waals surface area contributed by atoms with E-state index in [0.717, 1.165) is 41.4 Å². The van der Waals surface area contributed by atoms with Gasteiger partial charge in [-0.2, -0.15) is 0 Å². The molecule has 4 rings (SSSR count). The lowest BCUT2D eigenvalue weighted by Gasteiger charge is -2.36. The second kappa shape index (κ2) is 9.04. The van der Waals surface area contributed by atoms with E-state index < -0.39 is 12.8 Å². The van der Waals surface area contributed by atoms with Crippen molar-refractivity contribution in [3.05, 3.63) is 39.9 Å². The topological polar surface area (TPSA) is 79.3 Å². The number of halogens is 1. The average molecular weight is 430 g/mol. The fourth-order valence-electron chi connectivity index (χ4n) is 5.13. The first-order chi connectivity index (χ1) is 14.9. The molecule has 2 aromatic rings. The highest BCUT2D eigenvalue weighted by molar-refractivity contribution is 5.82. The monoisotopic (exact) mass is 429 g/mol. The van der Waals surface area contributed by atoms with Gasteiger partial charge in [0.1, 0.15) is 12.8 Å². The predicted molar refractivity (Wildman–Crippen MR) is 119 cm³/mol. The molecule has 7 nitrogen and oxygen atoms in total. The second-order valence-electron chi connectivity index (χ2n) is 9.03. The number of fused-ring (bicyclic) bond motifs is 1. The highest BCUT2D eigenvalue weighted by Gasteiger charge is 2.35. The largest absolute Gasteiger partial charge is 0.351 e. The number of nitrogens with zero attached hydrogens (tertiary/aromatic N) is 3. The number of aromatic nitrogens is 2. The second-order valence-corrected chi connectivity index (χ2v) is 9.03. The third-order valence-electron chi connectivity index (χ3n) is 6.94. The highest BCUT2D eigenvalue weighted by atomic mass is 19.1. The predicted octanol–water partition coefficient (Wildman–Crippen LogP) is 1.83. The number of hydrogen-bond acceptors (Lipinski definition) is 5. The Bertz CT molecular complexity index is 1020. The molecule has 0 aromatic carbocycles. The Morgan fingerprint density at radius 2 is 2.16 bits per heavy atom. The van der Waals surface area contributed by atoms with Crippen molar-refractivity contribution < 1.29 is 9.18 Å². The van der Waals surface area contributed by atoms with Gasteiger partial charge in [0.25, 0.3) is 11.5 Å². The quantitative estimate of drug-likeness (QED) is 0.758. The molecule has 4 unspecified atom stereocenters. The number of carbonyl (C=O) groups is 1. The van der Waals surface area contributed by atoms with Gasteiger partial charge in [0.2, 0.25) is 0 Å². The molecule has 8 heteroatoms. The maximum absolute atomic E-state index is 13.2. The van der Waals surface area contributed by atoms with Gasteiger partial charge in [-0.25, -0.2) is 4.39 Å². The Morgan fingerprint density at radius 1 is 1.35 bits per heavy atom. The molecule has 0 bridgehead atoms. The Kier molecular flexibility index (Phi) is 6.39. The summed E-state index contributed by atoms with van der Waals surface area (Å²) in [5.74, 6) is 0.321. The van der Waals surface area contributed by atoms with Crippen LogP contribution in [-0.4, -0.2) is 58.9 Å². The molecule has 2 aromatic heterocycles. The lowest BCUT2D eigenvalue weighted by Crippen LogP contribution is -2.53. The molecule has 1 aliphatic carbocycles. The smallest absolute Gasteiger partial charge is 0.254 e. The van der Waals surface area contributed by atoms with Crippen LogP contribution in [-0.2, 0) is 11.8 Å². The van der Waals surface area contributed by atoms with Crippen molar-refractivity contribution >= 4 is 16.8 Å². The molecular formula is C23H32FN5O2. The van der Waals surface area contributed by atoms with Gasteiger partial charge in [-0.15, -0.1) is 0 Å². The molecule has 1 saturated carbocycles. The highest BCUT2D eigenvalue weighted by Crippen LogP contribution is 2.37. The first-order valence-corrected chi connectivity index (χ1v) is 11.2. The number of nitrogens with one attached hydrogen (secondary N) is 2. The van der Waals surface area contributed by atoms with E-state index in [2.05, 4.69) is 22.5 Å². The molecule has 168 valence electrons. The van der Waals surface area contributed by atoms with E-state index >= 15 is 0 Å². The van der Waals surface area contributed by atoms with Crippen LogP contribution in [0.4, 0.5) is 4.39 Å². The van der Waals surface area contributed by atoms with Crippen molar-refractivity contribution in [1.29, 1.82) is 0 Å². The number of aryl methyl sites for hydroxylation is 2. The average Bonchev–Trinajstić information content (AvgIpc) is 3.21. The molecular weight excluding hydrogens is 397 g/mol. The SMILES string of the molecule is Cc1cc2c(cn1)cc(C1CC(NC(=O)C3NCCN3CCF)CCC1C)c(=O)n2C. The first kappa shape index (κ1) is 21.9. The lowest BCUT2D eigenvalue weighted by molar-refractivity contribution is -0.127. The first-order valence-electron chi connectivity index (χ1n) is 11.2. The van der Waals surface area contributed by atoms with E-state index in [1.54, 1.807) is 4.57 Å². The van der Waals surface area contributed by atoms with Gasteiger partial charge in [-0.3, -0.25) is 24.8 Å². The molecule has 1 saturated heterocycles. The zero-order chi connectivity index (χ0) is 22.1. The van der Waals surface area contributed by atoms with Crippen LogP contribution in [0.25, 0.3) is 10.9 Å². The fraction of sp³-hybridized carbons (Fsp3) is 0.609. The number of carbonyl (C=O) groups excluding carboxylic acids is 1. The minimum absolute atomic E-state index is 0.000118. The number of pyridine rings is 2. The Hall–Kier alpha value is -2.32. The Labute approximate surface area is 182 Å². The van der Waals surface area contributed by atoms with E-state index in [1.807, 2.05) is 37.2 Å². The normalized spacial score (nSPS) is 27.0. The van der Waals surface area contributed by atoms with Crippen molar-refractivity contribution in [2.45, 2.75) is 51.2 Å². The maximum atomic E-state index is 13.2. The summed E-state index contributed by atoms with van der Waals surface area (Å²) < 4.78 is 14.5. The number of hydrogen-bond donors (Lipinski definition) is 2. The number of alkyl halides is 1. The summed E-state index contributed by atoms with van der Waals surface area (Å²) in [6.45, 7) is 5.25. The van der Waals surface area contributed by atoms with Crippen LogP contribution < -0.4 is 16.2 Å². The summed E-state index contributed by atoms with van der Waals surface area (Å²) in [7, 11) is 1.81. The third-order valence-corrected chi connectivity index (χ3v) is 6.94. The summed E-state index contributed by atoms with van der Waals surface area (Å²) in [5, 5.41) is 7.28. The molecule has 1 aliphatic heterocycles. The molecule has 31 heavy (non-hydrogen) atoms. The van der Waals surface area contributed by atoms with Crippen molar-refractivity contribution in [3.8, 4) is 0 Å². The Balaban J connectivity index is 1.54. The van der Waals surface area contributed by atoms with E-state index in [4.69, 9.17) is 0 Å². The van der Waals surface area contributed by atoms with Crippen LogP contribution in [0.3, 0.4) is 0 Å². The van der Waals surface area contributed by atoms with Crippen molar-refractivity contribution in [2.24, 2.45) is 13.0 Å². The van der Waals surface area contributed by atoms with Crippen LogP contribution in [0.2, 0.25) is 0 Å². The van der Waals surface area contributed by atoms with Crippen LogP contribution in [0, 0.1) is 12.8 Å². The minimum atomic E-state index is -0.476. The van der Waals surface area contributed by atoms with Gasteiger partial charge in [0, 0.05) is 55.6 Å². The zero-order valence-corrected chi connectivity index (χ0v) is 18.5. The molecule has 1 amide bonds. The van der Waals surface area contributed by atoms with E-state index in [-0.39, 0.29) is 30.0 Å². The fourth-order valence-corrected chi connectivity index (χ4v) is 5.13.